The van der Waals surface area contributed by atoms with Gasteiger partial charge in [-0.2, -0.15) is 0 Å². The van der Waals surface area contributed by atoms with Gasteiger partial charge >= 0.3 is 41.8 Å². The maximum atomic E-state index is 14.2. The van der Waals surface area contributed by atoms with Gasteiger partial charge < -0.3 is 37.9 Å². The number of hydrogen-bond acceptors (Lipinski definition) is 15. The maximum absolute atomic E-state index is 14.2. The molecule has 0 aliphatic heterocycles. The molecule has 15 nitrogen and oxygen atoms in total. The summed E-state index contributed by atoms with van der Waals surface area (Å²) in [4.78, 5) is 77.2. The summed E-state index contributed by atoms with van der Waals surface area (Å²) in [6, 6.07) is 62.3. The lowest BCUT2D eigenvalue weighted by atomic mass is 9.98. The Kier molecular flexibility index (Phi) is 37.0. The van der Waals surface area contributed by atoms with E-state index in [-0.39, 0.29) is 51.2 Å². The smallest absolute Gasteiger partial charge is 0.330 e. The average molecular weight is 1770 g/mol. The molecule has 0 saturated heterocycles. The number of carbonyl (C=O) groups excluding carboxylic acids is 7. The van der Waals surface area contributed by atoms with Crippen molar-refractivity contribution in [3.05, 3.63) is 366 Å². The van der Waals surface area contributed by atoms with E-state index in [1.807, 2.05) is 98.8 Å². The van der Waals surface area contributed by atoms with E-state index in [1.165, 1.54) is 179 Å². The van der Waals surface area contributed by atoms with Crippen molar-refractivity contribution in [1.82, 2.24) is 0 Å². The van der Waals surface area contributed by atoms with E-state index < -0.39 is 58.3 Å². The molecule has 0 bridgehead atoms. The van der Waals surface area contributed by atoms with E-state index >= 15 is 0 Å². The quantitative estimate of drug-likeness (QED) is 0.0407. The number of esters is 7. The standard InChI is InChI=1S/C16H16O3.C16H16O2.C15H13ClO2.C15H11F3O2.C15H12F2O2.C15H13FO2.C15H14O2/c1-11-4-8-14-13(10-11)6-5-12(16(14)19-3)7-9-15(17)18-2;1-11-4-8-15-12(2)13(5-6-14(15)10-11)7-9-16(17)18-3;1-10-3-7-13-12(9-10)5-4-11(15(13)16)6-8-14(17)18-2;1-8-7-10-4-3-9(5-6-11(19)20-2)14(17)12(10)15(18)13(8)16;1-9-7-11-4-3-10(5-6-13(18)19-2)15(17)14(11)12(16)8-9;1-10-3-7-13-12(9-10)5-4-11(15(13)16)6-8-14(17)18-2;1-11-3-6-14-10-12(4-7-13(14)9-11)5-8-15(16)17-2/h4-10H,1-3H3;4-10H,1-3H3;3-9H,1-2H3;3-7H,1-2H3;3-8H,1-2H3;3-9H,1-2H3;3-10H,1-2H3/b2*9-7+;8-6+;2*6-5+;8-6+;8-5+. The molecule has 0 radical (unpaired) electrons. The fourth-order valence-corrected chi connectivity index (χ4v) is 13.4. The van der Waals surface area contributed by atoms with Crippen molar-refractivity contribution in [2.24, 2.45) is 0 Å². The third-order valence-electron chi connectivity index (χ3n) is 19.9. The molecule has 14 rings (SSSR count). The Bertz CT molecular complexity index is 6510. The topological polar surface area (TPSA) is 193 Å². The Morgan fingerprint density at radius 3 is 1.04 bits per heavy atom. The first-order valence-corrected chi connectivity index (χ1v) is 40.3. The molecular weight excluding hydrogens is 1670 g/mol. The van der Waals surface area contributed by atoms with Gasteiger partial charge in [0.2, 0.25) is 0 Å². The van der Waals surface area contributed by atoms with E-state index in [9.17, 15) is 59.9 Å². The van der Waals surface area contributed by atoms with E-state index in [2.05, 4.69) is 122 Å². The first-order valence-electron chi connectivity index (χ1n) is 39.9. The molecule has 0 spiro atoms. The average Bonchev–Trinajstić information content (AvgIpc) is 0.819. The van der Waals surface area contributed by atoms with E-state index in [0.717, 1.165) is 84.3 Å². The van der Waals surface area contributed by atoms with Crippen LogP contribution in [-0.4, -0.2) is 98.7 Å². The van der Waals surface area contributed by atoms with Gasteiger partial charge in [-0.3, -0.25) is 0 Å². The summed E-state index contributed by atoms with van der Waals surface area (Å²) >= 11 is 6.32. The molecule has 0 unspecified atom stereocenters. The third-order valence-corrected chi connectivity index (χ3v) is 20.3. The van der Waals surface area contributed by atoms with Crippen LogP contribution in [0.25, 0.3) is 118 Å². The molecule has 0 aromatic heterocycles. The van der Waals surface area contributed by atoms with Crippen LogP contribution in [0.5, 0.6) is 5.75 Å². The van der Waals surface area contributed by atoms with Gasteiger partial charge in [-0.25, -0.2) is 59.9 Å². The second-order valence-electron chi connectivity index (χ2n) is 29.1. The number of rotatable bonds is 15. The number of benzene rings is 14. The van der Waals surface area contributed by atoms with Crippen molar-refractivity contribution in [2.45, 2.75) is 55.4 Å². The maximum Gasteiger partial charge on any atom is 0.330 e. The van der Waals surface area contributed by atoms with Crippen LogP contribution in [0.3, 0.4) is 0 Å². The molecule has 0 amide bonds. The summed E-state index contributed by atoms with van der Waals surface area (Å²) in [5, 5.41) is 11.3. The minimum Gasteiger partial charge on any atom is -0.495 e. The molecule has 0 aliphatic rings. The minimum absolute atomic E-state index is 0.0231. The first-order chi connectivity index (χ1) is 61.7. The van der Waals surface area contributed by atoms with Crippen LogP contribution < -0.4 is 4.74 Å². The molecule has 0 saturated carbocycles. The lowest BCUT2D eigenvalue weighted by molar-refractivity contribution is -0.135. The van der Waals surface area contributed by atoms with Gasteiger partial charge in [-0.05, 0) is 198 Å². The van der Waals surface area contributed by atoms with E-state index in [1.54, 1.807) is 62.6 Å². The van der Waals surface area contributed by atoms with Crippen molar-refractivity contribution < 1.29 is 97.8 Å². The monoisotopic (exact) mass is 1770 g/mol. The van der Waals surface area contributed by atoms with Crippen LogP contribution in [0, 0.1) is 90.3 Å². The largest absolute Gasteiger partial charge is 0.495 e. The Labute approximate surface area is 749 Å². The van der Waals surface area contributed by atoms with Crippen molar-refractivity contribution in [3.8, 4) is 5.75 Å². The zero-order valence-electron chi connectivity index (χ0n) is 73.9. The Morgan fingerprint density at radius 2 is 0.566 bits per heavy atom. The normalized spacial score (nSPS) is 11.1. The lowest BCUT2D eigenvalue weighted by Gasteiger charge is -2.09. The minimum atomic E-state index is -1.23. The van der Waals surface area contributed by atoms with Gasteiger partial charge in [0.15, 0.2) is 11.6 Å². The van der Waals surface area contributed by atoms with Crippen LogP contribution in [-0.2, 0) is 66.7 Å². The van der Waals surface area contributed by atoms with Crippen molar-refractivity contribution in [2.75, 3.05) is 56.9 Å². The molecule has 14 aromatic rings. The van der Waals surface area contributed by atoms with Crippen LogP contribution >= 0.6 is 11.6 Å². The second-order valence-corrected chi connectivity index (χ2v) is 29.5. The highest BCUT2D eigenvalue weighted by Crippen LogP contribution is 2.35. The summed E-state index contributed by atoms with van der Waals surface area (Å²) < 4.78 is 121. The fourth-order valence-electron chi connectivity index (χ4n) is 13.1. The Morgan fingerprint density at radius 1 is 0.256 bits per heavy atom. The molecule has 0 N–H and O–H groups in total. The fraction of sp³-hybridized carbons (Fsp3) is 0.150. The Balaban J connectivity index is 0.000000186. The third kappa shape index (κ3) is 27.8. The van der Waals surface area contributed by atoms with Gasteiger partial charge in [0.05, 0.1) is 72.7 Å². The van der Waals surface area contributed by atoms with Crippen molar-refractivity contribution in [1.29, 1.82) is 0 Å². The first kappa shape index (κ1) is 99.5. The van der Waals surface area contributed by atoms with Crippen LogP contribution in [0.1, 0.15) is 83.5 Å². The van der Waals surface area contributed by atoms with Gasteiger partial charge in [-0.15, -0.1) is 0 Å². The highest BCUT2D eigenvalue weighted by atomic mass is 35.5. The second kappa shape index (κ2) is 47.9. The van der Waals surface area contributed by atoms with Crippen molar-refractivity contribution >= 4 is 171 Å². The number of fused-ring (bicyclic) bond motifs is 7. The highest BCUT2D eigenvalue weighted by molar-refractivity contribution is 6.37. The molecule has 0 aliphatic carbocycles. The summed E-state index contributed by atoms with van der Waals surface area (Å²) in [6.07, 6.45) is 19.7. The van der Waals surface area contributed by atoms with E-state index in [0.29, 0.717) is 21.4 Å². The zero-order chi connectivity index (χ0) is 94.3. The molecule has 0 fully saturated rings. The number of aryl methyl sites for hydroxylation is 8. The molecule has 14 aromatic carbocycles. The van der Waals surface area contributed by atoms with Gasteiger partial charge in [0, 0.05) is 80.9 Å². The lowest BCUT2D eigenvalue weighted by Crippen LogP contribution is -1.97. The number of ether oxygens (including phenoxy) is 8. The summed E-state index contributed by atoms with van der Waals surface area (Å²) in [5.74, 6) is -7.30. The predicted molar refractivity (Wildman–Crippen MR) is 504 cm³/mol. The highest BCUT2D eigenvalue weighted by Gasteiger charge is 2.18. The van der Waals surface area contributed by atoms with Crippen LogP contribution in [0.2, 0.25) is 5.02 Å². The number of methoxy groups -OCH3 is 8. The molecule has 22 heteroatoms. The SMILES string of the molecule is COC(=O)/C=C/c1ccc2cc(C)c(F)c(F)c2c1F.COC(=O)/C=C/c1ccc2cc(C)cc(F)c2c1F.COC(=O)/C=C/c1ccc2cc(C)ccc2c1.COC(=O)/C=C/c1ccc2cc(C)ccc2c1C.COC(=O)/C=C/c1ccc2cc(C)ccc2c1Cl.COC(=O)/C=C/c1ccc2cc(C)ccc2c1F.COC(=O)/C=C/c1ccc2cc(C)ccc2c1OC. The number of halogens is 7. The molecule has 0 heterocycles. The van der Waals surface area contributed by atoms with Crippen LogP contribution in [0.15, 0.2) is 243 Å². The predicted octanol–water partition coefficient (Wildman–Crippen LogP) is 25.1. The zero-order valence-corrected chi connectivity index (χ0v) is 74.7. The van der Waals surface area contributed by atoms with Crippen LogP contribution in [0.4, 0.5) is 26.3 Å². The molecule has 662 valence electrons. The summed E-state index contributed by atoms with van der Waals surface area (Å²) in [5.41, 5.74) is 12.1. The Hall–Kier alpha value is -15.0. The number of carbonyl (C=O) groups is 7. The summed E-state index contributed by atoms with van der Waals surface area (Å²) in [6.45, 7) is 15.4. The number of hydrogen-bond donors (Lipinski definition) is 0. The van der Waals surface area contributed by atoms with Crippen molar-refractivity contribution in [3.63, 3.8) is 0 Å². The van der Waals surface area contributed by atoms with Gasteiger partial charge in [0.1, 0.15) is 29.0 Å². The summed E-state index contributed by atoms with van der Waals surface area (Å²) in [7, 11) is 10.8. The molecule has 0 atom stereocenters. The molecule has 129 heavy (non-hydrogen) atoms. The molecular formula is C107H95ClF6O15. The van der Waals surface area contributed by atoms with Gasteiger partial charge in [-0.1, -0.05) is 221 Å². The van der Waals surface area contributed by atoms with E-state index in [4.69, 9.17) is 16.3 Å². The van der Waals surface area contributed by atoms with Gasteiger partial charge in [0.25, 0.3) is 0 Å².